The van der Waals surface area contributed by atoms with Crippen molar-refractivity contribution in [2.45, 2.75) is 30.7 Å². The smallest absolute Gasteiger partial charge is 0.126 e. The summed E-state index contributed by atoms with van der Waals surface area (Å²) in [6.07, 6.45) is 1.60. The molecule has 0 aliphatic rings. The van der Waals surface area contributed by atoms with E-state index >= 15 is 0 Å². The largest absolute Gasteiger partial charge is 0.237 e. The van der Waals surface area contributed by atoms with E-state index in [1.54, 1.807) is 0 Å². The summed E-state index contributed by atoms with van der Waals surface area (Å²) in [5, 5.41) is 0. The van der Waals surface area contributed by atoms with E-state index in [2.05, 4.69) is 16.6 Å². The maximum absolute atomic E-state index is 12.5. The molecular formula is C19H20ClNOS. The second kappa shape index (κ2) is 9.52. The molecule has 0 saturated heterocycles. The second-order valence-corrected chi connectivity index (χ2v) is 6.78. The summed E-state index contributed by atoms with van der Waals surface area (Å²) in [5.74, 6) is 6.89. The summed E-state index contributed by atoms with van der Waals surface area (Å²) in [6.45, 7) is 2.01. The van der Waals surface area contributed by atoms with Crippen LogP contribution in [0.4, 0.5) is 0 Å². The van der Waals surface area contributed by atoms with Crippen molar-refractivity contribution >= 4 is 22.6 Å². The van der Waals surface area contributed by atoms with Crippen LogP contribution >= 0.6 is 11.6 Å². The molecule has 0 aliphatic heterocycles. The van der Waals surface area contributed by atoms with Crippen LogP contribution in [0.15, 0.2) is 59.5 Å². The predicted octanol–water partition coefficient (Wildman–Crippen LogP) is 4.37. The van der Waals surface area contributed by atoms with Crippen molar-refractivity contribution in [1.29, 1.82) is 0 Å². The number of alkyl halides is 1. The van der Waals surface area contributed by atoms with E-state index in [0.717, 1.165) is 28.9 Å². The van der Waals surface area contributed by atoms with E-state index in [0.29, 0.717) is 5.88 Å². The lowest BCUT2D eigenvalue weighted by Crippen LogP contribution is -2.22. The summed E-state index contributed by atoms with van der Waals surface area (Å²) < 4.78 is 15.7. The molecule has 0 fully saturated rings. The highest BCUT2D eigenvalue weighted by Gasteiger charge is 2.12. The first kappa shape index (κ1) is 17.7. The average Bonchev–Trinajstić information content (AvgIpc) is 2.59. The summed E-state index contributed by atoms with van der Waals surface area (Å²) in [6, 6.07) is 17.2. The van der Waals surface area contributed by atoms with Crippen molar-refractivity contribution in [1.82, 2.24) is 4.72 Å². The van der Waals surface area contributed by atoms with Crippen LogP contribution in [0.5, 0.6) is 0 Å². The minimum absolute atomic E-state index is 0.270. The molecule has 0 amide bonds. The maximum Gasteiger partial charge on any atom is 0.126 e. The lowest BCUT2D eigenvalue weighted by atomic mass is 10.1. The van der Waals surface area contributed by atoms with E-state index in [4.69, 9.17) is 11.6 Å². The van der Waals surface area contributed by atoms with Crippen LogP contribution in [-0.2, 0) is 11.0 Å². The van der Waals surface area contributed by atoms with Crippen LogP contribution in [0.3, 0.4) is 0 Å². The first-order valence-corrected chi connectivity index (χ1v) is 9.23. The van der Waals surface area contributed by atoms with E-state index in [9.17, 15) is 4.21 Å². The molecule has 0 aliphatic carbocycles. The maximum atomic E-state index is 12.5. The van der Waals surface area contributed by atoms with E-state index in [1.807, 2.05) is 61.5 Å². The molecule has 0 unspecified atom stereocenters. The van der Waals surface area contributed by atoms with Gasteiger partial charge in [-0.3, -0.25) is 0 Å². The molecule has 0 heterocycles. The minimum atomic E-state index is -1.31. The van der Waals surface area contributed by atoms with Gasteiger partial charge in [-0.1, -0.05) is 53.9 Å². The molecule has 0 saturated carbocycles. The molecule has 0 bridgehead atoms. The number of aryl methyl sites for hydroxylation is 1. The number of nitrogens with one attached hydrogen (secondary N) is 1. The molecule has 1 N–H and O–H groups in total. The fourth-order valence-electron chi connectivity index (χ4n) is 1.99. The number of halogens is 1. The Hall–Kier alpha value is -1.60. The molecule has 23 heavy (non-hydrogen) atoms. The third kappa shape index (κ3) is 5.84. The zero-order valence-electron chi connectivity index (χ0n) is 13.1. The predicted molar refractivity (Wildman–Crippen MR) is 97.6 cm³/mol. The zero-order chi connectivity index (χ0) is 16.5. The molecule has 2 aromatic carbocycles. The normalized spacial score (nSPS) is 13.0. The second-order valence-electron chi connectivity index (χ2n) is 5.16. The highest BCUT2D eigenvalue weighted by Crippen LogP contribution is 2.15. The third-order valence-electron chi connectivity index (χ3n) is 3.27. The van der Waals surface area contributed by atoms with Crippen LogP contribution in [0.2, 0.25) is 0 Å². The highest BCUT2D eigenvalue weighted by molar-refractivity contribution is 7.83. The van der Waals surface area contributed by atoms with Crippen LogP contribution in [-0.4, -0.2) is 10.1 Å². The van der Waals surface area contributed by atoms with Gasteiger partial charge in [0.15, 0.2) is 0 Å². The van der Waals surface area contributed by atoms with Crippen LogP contribution in [0.1, 0.15) is 30.0 Å². The van der Waals surface area contributed by atoms with Gasteiger partial charge in [-0.2, -0.15) is 0 Å². The standard InChI is InChI=1S/C19H20ClNOS/c1-16-11-13-18(14-12-16)23(22)21-19(10-6-3-7-15-20)17-8-4-2-5-9-17/h2,4-5,8-9,11-14,19,21H,3,7,15H2,1H3/t19-,23-/m0/s1. The monoisotopic (exact) mass is 345 g/mol. The van der Waals surface area contributed by atoms with Crippen molar-refractivity contribution in [3.63, 3.8) is 0 Å². The quantitative estimate of drug-likeness (QED) is 0.470. The fraction of sp³-hybridized carbons (Fsp3) is 0.263. The van der Waals surface area contributed by atoms with E-state index in [1.165, 1.54) is 0 Å². The lowest BCUT2D eigenvalue weighted by Gasteiger charge is -2.13. The van der Waals surface area contributed by atoms with Crippen molar-refractivity contribution in [3.8, 4) is 11.8 Å². The fourth-order valence-corrected chi connectivity index (χ4v) is 3.05. The first-order valence-electron chi connectivity index (χ1n) is 7.54. The van der Waals surface area contributed by atoms with Gasteiger partial charge in [0, 0.05) is 12.3 Å². The third-order valence-corrected chi connectivity index (χ3v) is 4.69. The van der Waals surface area contributed by atoms with Crippen LogP contribution in [0, 0.1) is 18.8 Å². The molecule has 2 aromatic rings. The van der Waals surface area contributed by atoms with Gasteiger partial charge in [0.25, 0.3) is 0 Å². The van der Waals surface area contributed by atoms with Crippen molar-refractivity contribution in [2.24, 2.45) is 0 Å². The Labute approximate surface area is 145 Å². The number of benzene rings is 2. The molecule has 0 spiro atoms. The topological polar surface area (TPSA) is 29.1 Å². The number of unbranched alkanes of at least 4 members (excludes halogenated alkanes) is 1. The Morgan fingerprint density at radius 3 is 2.48 bits per heavy atom. The van der Waals surface area contributed by atoms with E-state index < -0.39 is 11.0 Å². The molecule has 0 aromatic heterocycles. The molecule has 0 radical (unpaired) electrons. The van der Waals surface area contributed by atoms with Gasteiger partial charge in [0.2, 0.25) is 0 Å². The van der Waals surface area contributed by atoms with Gasteiger partial charge in [0.05, 0.1) is 4.90 Å². The van der Waals surface area contributed by atoms with Crippen molar-refractivity contribution < 1.29 is 4.21 Å². The average molecular weight is 346 g/mol. The van der Waals surface area contributed by atoms with Crippen molar-refractivity contribution in [2.75, 3.05) is 5.88 Å². The van der Waals surface area contributed by atoms with Gasteiger partial charge < -0.3 is 0 Å². The molecule has 4 heteroatoms. The SMILES string of the molecule is Cc1ccc([S@](=O)N[C@@H](C#CCCCCl)c2ccccc2)cc1. The molecule has 120 valence electrons. The molecule has 2 nitrogen and oxygen atoms in total. The Balaban J connectivity index is 2.14. The highest BCUT2D eigenvalue weighted by atomic mass is 35.5. The van der Waals surface area contributed by atoms with Crippen molar-refractivity contribution in [3.05, 3.63) is 65.7 Å². The van der Waals surface area contributed by atoms with E-state index in [-0.39, 0.29) is 6.04 Å². The minimum Gasteiger partial charge on any atom is -0.237 e. The Morgan fingerprint density at radius 2 is 1.83 bits per heavy atom. The first-order chi connectivity index (χ1) is 11.2. The summed E-state index contributed by atoms with van der Waals surface area (Å²) in [7, 11) is -1.31. The van der Waals surface area contributed by atoms with Gasteiger partial charge in [-0.15, -0.1) is 17.5 Å². The summed E-state index contributed by atoms with van der Waals surface area (Å²) >= 11 is 5.68. The van der Waals surface area contributed by atoms with Gasteiger partial charge in [-0.05, 0) is 31.0 Å². The molecule has 2 atom stereocenters. The Bertz CT molecular complexity index is 689. The number of hydrogen-bond donors (Lipinski definition) is 1. The van der Waals surface area contributed by atoms with Crippen LogP contribution in [0.25, 0.3) is 0 Å². The van der Waals surface area contributed by atoms with Gasteiger partial charge in [-0.25, -0.2) is 8.93 Å². The lowest BCUT2D eigenvalue weighted by molar-refractivity contribution is 0.665. The van der Waals surface area contributed by atoms with Gasteiger partial charge >= 0.3 is 0 Å². The number of rotatable bonds is 6. The summed E-state index contributed by atoms with van der Waals surface area (Å²) in [4.78, 5) is 0.749. The summed E-state index contributed by atoms with van der Waals surface area (Å²) in [5.41, 5.74) is 2.15. The van der Waals surface area contributed by atoms with Crippen LogP contribution < -0.4 is 4.72 Å². The molecule has 2 rings (SSSR count). The number of hydrogen-bond acceptors (Lipinski definition) is 1. The zero-order valence-corrected chi connectivity index (χ0v) is 14.7. The van der Waals surface area contributed by atoms with Gasteiger partial charge in [0.1, 0.15) is 17.0 Å². The Morgan fingerprint density at radius 1 is 1.13 bits per heavy atom. The Kier molecular flexibility index (Phi) is 7.35. The molecular weight excluding hydrogens is 326 g/mol.